The molecule has 7 aromatic rings. The van der Waals surface area contributed by atoms with Gasteiger partial charge in [-0.15, -0.1) is 0 Å². The van der Waals surface area contributed by atoms with E-state index in [9.17, 15) is 24.6 Å². The van der Waals surface area contributed by atoms with Crippen molar-refractivity contribution in [1.82, 2.24) is 0 Å². The number of anilines is 2. The summed E-state index contributed by atoms with van der Waals surface area (Å²) in [5.74, 6) is -1.44. The third-order valence-electron chi connectivity index (χ3n) is 14.0. The Labute approximate surface area is 504 Å². The van der Waals surface area contributed by atoms with Gasteiger partial charge in [-0.05, 0) is 181 Å². The van der Waals surface area contributed by atoms with Gasteiger partial charge in [0.2, 0.25) is 5.91 Å². The van der Waals surface area contributed by atoms with Gasteiger partial charge in [0.15, 0.2) is 0 Å². The molecule has 1 amide bonds. The van der Waals surface area contributed by atoms with Crippen LogP contribution in [-0.4, -0.2) is 55.7 Å². The molecule has 0 aliphatic carbocycles. The normalized spacial score (nSPS) is 13.6. The molecular formula is C72H91FN2O8S. The number of hydrogen-bond donors (Lipinski definition) is 4. The lowest BCUT2D eigenvalue weighted by Gasteiger charge is -2.40. The number of aliphatic carboxylic acids is 2. The highest BCUT2D eigenvalue weighted by Gasteiger charge is 2.38. The topological polar surface area (TPSA) is 148 Å². The largest absolute Gasteiger partial charge is 0.488 e. The van der Waals surface area contributed by atoms with Crippen molar-refractivity contribution in [2.45, 2.75) is 174 Å². The monoisotopic (exact) mass is 1160 g/mol. The van der Waals surface area contributed by atoms with Gasteiger partial charge in [-0.2, -0.15) is 0 Å². The highest BCUT2D eigenvalue weighted by molar-refractivity contribution is 8.00. The Bertz CT molecular complexity index is 3370. The van der Waals surface area contributed by atoms with E-state index in [-0.39, 0.29) is 36.6 Å². The van der Waals surface area contributed by atoms with E-state index >= 15 is 4.39 Å². The minimum absolute atomic E-state index is 0.0290. The van der Waals surface area contributed by atoms with Gasteiger partial charge in [0, 0.05) is 35.4 Å². The maximum atomic E-state index is 15.3. The number of aliphatic hydroxyl groups is 2. The number of fused-ring (bicyclic) bond motifs is 6. The van der Waals surface area contributed by atoms with Crippen LogP contribution in [0, 0.1) is 47.4 Å². The molecule has 9 rings (SSSR count). The summed E-state index contributed by atoms with van der Waals surface area (Å²) in [5.41, 5.74) is 18.2. The van der Waals surface area contributed by atoms with E-state index in [2.05, 4.69) is 92.9 Å². The van der Waals surface area contributed by atoms with E-state index in [0.29, 0.717) is 34.5 Å². The van der Waals surface area contributed by atoms with E-state index in [4.69, 9.17) is 14.9 Å². The molecule has 7 aromatic carbocycles. The van der Waals surface area contributed by atoms with Gasteiger partial charge in [0.25, 0.3) is 0 Å². The smallest absolute Gasteiger partial charge is 0.307 e. The third-order valence-corrected chi connectivity index (χ3v) is 14.9. The molecule has 0 unspecified atom stereocenters. The molecule has 2 aliphatic rings. The number of amides is 1. The van der Waals surface area contributed by atoms with Crippen LogP contribution in [0.25, 0.3) is 44.5 Å². The standard InChI is InChI=1S/C33H33NO3S.C27H26FNO3.2C4H10O.2C2H6/c1-20-14-16-25(17-15-20)30-22(3)31-32-26(12-9-13-28(32)37-19-24-10-7-6-8-11-24)23(4)34(38-5)33(31)21(2)27(30)18-29(35)36;1-14-9-11-19(12-10-14)24-16(3)25-26-20(7-6-8-22(26)28)17(4)29(18(5)30)27(25)15(2)21(24)13-23(31)32;2*1-4(2,3)5;2*1-2/h6-17,23H,18-19H2,1-5H3,(H,35,36);6-12,17H,13H2,1-5H3,(H,31,32);2*5H,1-3H3;2*1-2H3/t23-;17-;;;;/m10..../s1. The molecule has 10 nitrogen and oxygen atoms in total. The third kappa shape index (κ3) is 16.8. The first-order chi connectivity index (χ1) is 39.4. The van der Waals surface area contributed by atoms with Crippen LogP contribution >= 0.6 is 11.9 Å². The second-order valence-corrected chi connectivity index (χ2v) is 23.6. The molecule has 450 valence electrons. The molecule has 0 saturated heterocycles. The fourth-order valence-corrected chi connectivity index (χ4v) is 11.6. The van der Waals surface area contributed by atoms with Gasteiger partial charge in [-0.3, -0.25) is 14.4 Å². The van der Waals surface area contributed by atoms with Crippen LogP contribution in [0.1, 0.15) is 163 Å². The van der Waals surface area contributed by atoms with Crippen molar-refractivity contribution < 1.29 is 43.9 Å². The highest BCUT2D eigenvalue weighted by Crippen LogP contribution is 2.57. The minimum Gasteiger partial charge on any atom is -0.488 e. The summed E-state index contributed by atoms with van der Waals surface area (Å²) >= 11 is 1.68. The molecule has 4 N–H and O–H groups in total. The number of rotatable bonds is 10. The Morgan fingerprint density at radius 3 is 1.36 bits per heavy atom. The van der Waals surface area contributed by atoms with Crippen molar-refractivity contribution in [2.75, 3.05) is 15.5 Å². The van der Waals surface area contributed by atoms with Crippen molar-refractivity contribution in [3.63, 3.8) is 0 Å². The molecule has 0 radical (unpaired) electrons. The maximum absolute atomic E-state index is 15.3. The zero-order valence-electron chi connectivity index (χ0n) is 53.3. The first-order valence-electron chi connectivity index (χ1n) is 29.0. The number of carbonyl (C=O) groups is 3. The second kappa shape index (κ2) is 30.0. The van der Waals surface area contributed by atoms with Gasteiger partial charge < -0.3 is 34.4 Å². The van der Waals surface area contributed by atoms with Crippen LogP contribution in [0.5, 0.6) is 5.75 Å². The SMILES string of the molecule is CC.CC.CC(=O)N1c2c(C)c(CC(=O)O)c(-c3ccc(C)cc3)c(C)c2-c2c(F)cccc2[C@@H]1C.CC(C)(C)O.CC(C)(C)O.CSN1c2c(C)c(CC(=O)O)c(-c3ccc(C)cc3)c(C)c2-c2c(OCc3ccccc3)cccc2[C@H]1C. The molecule has 0 aromatic heterocycles. The highest BCUT2D eigenvalue weighted by atomic mass is 32.2. The molecule has 0 bridgehead atoms. The summed E-state index contributed by atoms with van der Waals surface area (Å²) in [6, 6.07) is 37.5. The lowest BCUT2D eigenvalue weighted by Crippen LogP contribution is -2.36. The molecule has 84 heavy (non-hydrogen) atoms. The molecule has 0 saturated carbocycles. The summed E-state index contributed by atoms with van der Waals surface area (Å²) < 4.78 is 24.1. The average Bonchev–Trinajstić information content (AvgIpc) is 3.61. The quantitative estimate of drug-likeness (QED) is 0.0976. The molecule has 2 atom stereocenters. The van der Waals surface area contributed by atoms with Crippen LogP contribution in [0.3, 0.4) is 0 Å². The summed E-state index contributed by atoms with van der Waals surface area (Å²) in [4.78, 5) is 38.4. The Kier molecular flexibility index (Phi) is 24.7. The number of benzene rings is 7. The molecule has 2 aliphatic heterocycles. The van der Waals surface area contributed by atoms with Crippen LogP contribution in [0.15, 0.2) is 115 Å². The van der Waals surface area contributed by atoms with Crippen molar-refractivity contribution in [1.29, 1.82) is 0 Å². The average molecular weight is 1160 g/mol. The number of carboxylic acid groups (broad SMARTS) is 2. The fourth-order valence-electron chi connectivity index (χ4n) is 10.8. The van der Waals surface area contributed by atoms with Crippen molar-refractivity contribution in [3.8, 4) is 50.3 Å². The zero-order chi connectivity index (χ0) is 63.3. The summed E-state index contributed by atoms with van der Waals surface area (Å²) in [5, 5.41) is 36.7. The van der Waals surface area contributed by atoms with Gasteiger partial charge in [-0.25, -0.2) is 4.39 Å². The van der Waals surface area contributed by atoms with E-state index < -0.39 is 23.1 Å². The Morgan fingerprint density at radius 2 is 0.940 bits per heavy atom. The van der Waals surface area contributed by atoms with Gasteiger partial charge in [0.1, 0.15) is 18.2 Å². The summed E-state index contributed by atoms with van der Waals surface area (Å²) in [7, 11) is 0. The minimum atomic E-state index is -0.953. The van der Waals surface area contributed by atoms with E-state index in [1.165, 1.54) is 24.1 Å². The molecule has 2 heterocycles. The summed E-state index contributed by atoms with van der Waals surface area (Å²) in [6.07, 6.45) is 1.87. The van der Waals surface area contributed by atoms with E-state index in [1.807, 2.05) is 104 Å². The first-order valence-corrected chi connectivity index (χ1v) is 30.2. The number of halogens is 1. The van der Waals surface area contributed by atoms with Gasteiger partial charge in [-0.1, -0.05) is 154 Å². The Balaban J connectivity index is 0.000000298. The maximum Gasteiger partial charge on any atom is 0.307 e. The zero-order valence-corrected chi connectivity index (χ0v) is 54.2. The Hall–Kier alpha value is -7.25. The lowest BCUT2D eigenvalue weighted by atomic mass is 9.78. The lowest BCUT2D eigenvalue weighted by molar-refractivity contribution is -0.137. The molecule has 0 fully saturated rings. The Morgan fingerprint density at radius 1 is 0.536 bits per heavy atom. The summed E-state index contributed by atoms with van der Waals surface area (Å²) in [6.45, 7) is 36.5. The van der Waals surface area contributed by atoms with Gasteiger partial charge in [0.05, 0.1) is 47.5 Å². The van der Waals surface area contributed by atoms with Gasteiger partial charge >= 0.3 is 11.9 Å². The number of aryl methyl sites for hydroxylation is 2. The molecular weight excluding hydrogens is 1070 g/mol. The van der Waals surface area contributed by atoms with Crippen LogP contribution in [0.4, 0.5) is 15.8 Å². The molecule has 12 heteroatoms. The number of carboxylic acids is 2. The van der Waals surface area contributed by atoms with Crippen molar-refractivity contribution >= 4 is 41.2 Å². The predicted octanol–water partition coefficient (Wildman–Crippen LogP) is 18.1. The molecule has 0 spiro atoms. The number of nitrogens with zero attached hydrogens (tertiary/aromatic N) is 2. The second-order valence-electron chi connectivity index (χ2n) is 22.8. The van der Waals surface area contributed by atoms with Crippen LogP contribution in [-0.2, 0) is 33.8 Å². The van der Waals surface area contributed by atoms with Crippen LogP contribution in [0.2, 0.25) is 0 Å². The van der Waals surface area contributed by atoms with Crippen molar-refractivity contribution in [3.05, 3.63) is 182 Å². The fraction of sp³-hybridized carbons (Fsp3) is 0.375. The van der Waals surface area contributed by atoms with E-state index in [1.54, 1.807) is 64.5 Å². The first kappa shape index (κ1) is 69.2. The predicted molar refractivity (Wildman–Crippen MR) is 349 cm³/mol. The van der Waals surface area contributed by atoms with E-state index in [0.717, 1.165) is 83.8 Å². The number of ether oxygens (including phenoxy) is 1. The number of hydrogen-bond acceptors (Lipinski definition) is 8. The van der Waals surface area contributed by atoms with Crippen LogP contribution < -0.4 is 13.9 Å². The van der Waals surface area contributed by atoms with Crippen molar-refractivity contribution in [2.24, 2.45) is 0 Å². The number of carbonyl (C=O) groups excluding carboxylic acids is 1.